The molecule has 162 valence electrons. The number of aliphatic hydroxyl groups is 1. The average Bonchev–Trinajstić information content (AvgIpc) is 3.42. The van der Waals surface area contributed by atoms with Gasteiger partial charge in [-0.3, -0.25) is 0 Å². The SMILES string of the molecule is CC1C=NC(S(=O)(=O)N2CC[C@@H]3[C@H](CO)N(C)c4ccc(-c5ccccc5)cc4[C@@H]32)=N1. The first kappa shape index (κ1) is 20.4. The summed E-state index contributed by atoms with van der Waals surface area (Å²) in [5.74, 6) is -0.00768. The number of nitrogens with zero attached hydrogens (tertiary/aromatic N) is 4. The van der Waals surface area contributed by atoms with E-state index in [4.69, 9.17) is 0 Å². The van der Waals surface area contributed by atoms with E-state index in [1.54, 1.807) is 10.5 Å². The molecule has 1 N–H and O–H groups in total. The molecule has 0 bridgehead atoms. The lowest BCUT2D eigenvalue weighted by atomic mass is 9.81. The number of aliphatic hydroxyl groups excluding tert-OH is 1. The van der Waals surface area contributed by atoms with Crippen LogP contribution in [0.5, 0.6) is 0 Å². The Bertz CT molecular complexity index is 1160. The number of hydrogen-bond donors (Lipinski definition) is 1. The highest BCUT2D eigenvalue weighted by atomic mass is 32.2. The summed E-state index contributed by atoms with van der Waals surface area (Å²) in [6.07, 6.45) is 2.24. The van der Waals surface area contributed by atoms with Crippen LogP contribution in [-0.2, 0) is 10.0 Å². The Labute approximate surface area is 182 Å². The largest absolute Gasteiger partial charge is 0.394 e. The molecular formula is C23H26N4O3S. The van der Waals surface area contributed by atoms with Crippen molar-refractivity contribution in [3.8, 4) is 11.1 Å². The first-order chi connectivity index (χ1) is 14.9. The maximum atomic E-state index is 13.5. The van der Waals surface area contributed by atoms with Crippen molar-refractivity contribution in [2.45, 2.75) is 31.5 Å². The Morgan fingerprint density at radius 2 is 1.90 bits per heavy atom. The molecule has 31 heavy (non-hydrogen) atoms. The van der Waals surface area contributed by atoms with Crippen LogP contribution < -0.4 is 4.90 Å². The molecule has 8 heteroatoms. The maximum absolute atomic E-state index is 13.5. The molecule has 5 rings (SSSR count). The van der Waals surface area contributed by atoms with Gasteiger partial charge in [0.05, 0.1) is 24.7 Å². The van der Waals surface area contributed by atoms with E-state index < -0.39 is 10.0 Å². The van der Waals surface area contributed by atoms with Gasteiger partial charge in [0.25, 0.3) is 15.2 Å². The first-order valence-electron chi connectivity index (χ1n) is 10.6. The van der Waals surface area contributed by atoms with Crippen LogP contribution in [0.4, 0.5) is 5.69 Å². The summed E-state index contributed by atoms with van der Waals surface area (Å²) in [5, 5.41) is 10.0. The zero-order valence-electron chi connectivity index (χ0n) is 17.6. The van der Waals surface area contributed by atoms with Gasteiger partial charge in [0.15, 0.2) is 0 Å². The molecule has 0 amide bonds. The van der Waals surface area contributed by atoms with Crippen LogP contribution in [0, 0.1) is 5.92 Å². The number of sulfonamides is 1. The summed E-state index contributed by atoms with van der Waals surface area (Å²) >= 11 is 0. The maximum Gasteiger partial charge on any atom is 0.278 e. The van der Waals surface area contributed by atoms with Gasteiger partial charge < -0.3 is 10.0 Å². The highest BCUT2D eigenvalue weighted by molar-refractivity contribution is 8.04. The predicted octanol–water partition coefficient (Wildman–Crippen LogP) is 2.69. The van der Waals surface area contributed by atoms with Crippen LogP contribution in [-0.4, -0.2) is 61.5 Å². The van der Waals surface area contributed by atoms with Gasteiger partial charge in [-0.05, 0) is 42.2 Å². The quantitative estimate of drug-likeness (QED) is 0.798. The van der Waals surface area contributed by atoms with E-state index in [1.165, 1.54) is 0 Å². The standard InChI is InChI=1S/C23H26N4O3S/c1-15-13-24-23(25-15)31(29,30)27-11-10-18-21(14-28)26(2)20-9-8-17(12-19(20)22(18)27)16-6-4-3-5-7-16/h3-9,12-13,15,18,21-22,28H,10-11,14H2,1-2H3/t15?,18-,21+,22-/m1/s1. The van der Waals surface area contributed by atoms with Crippen LogP contribution >= 0.6 is 0 Å². The summed E-state index contributed by atoms with van der Waals surface area (Å²) in [5.41, 5.74) is 4.05. The Hall–Kier alpha value is -2.55. The second kappa shape index (κ2) is 7.55. The molecule has 2 aromatic carbocycles. The minimum absolute atomic E-state index is 0.00768. The third-order valence-electron chi connectivity index (χ3n) is 6.66. The minimum Gasteiger partial charge on any atom is -0.394 e. The Balaban J connectivity index is 1.64. The number of anilines is 1. The van der Waals surface area contributed by atoms with Gasteiger partial charge in [0.1, 0.15) is 0 Å². The summed E-state index contributed by atoms with van der Waals surface area (Å²) in [7, 11) is -1.85. The zero-order valence-corrected chi connectivity index (χ0v) is 18.4. The average molecular weight is 439 g/mol. The van der Waals surface area contributed by atoms with Crippen LogP contribution in [0.1, 0.15) is 24.9 Å². The number of fused-ring (bicyclic) bond motifs is 3. The molecular weight excluding hydrogens is 412 g/mol. The second-order valence-corrected chi connectivity index (χ2v) is 10.2. The Morgan fingerprint density at radius 3 is 2.58 bits per heavy atom. The van der Waals surface area contributed by atoms with Gasteiger partial charge >= 0.3 is 0 Å². The number of aliphatic imine (C=N–C) groups is 2. The monoisotopic (exact) mass is 438 g/mol. The van der Waals surface area contributed by atoms with Crippen molar-refractivity contribution in [2.24, 2.45) is 15.9 Å². The van der Waals surface area contributed by atoms with E-state index >= 15 is 0 Å². The number of amidine groups is 1. The van der Waals surface area contributed by atoms with Gasteiger partial charge in [-0.1, -0.05) is 36.4 Å². The normalized spacial score (nSPS) is 27.8. The van der Waals surface area contributed by atoms with E-state index in [9.17, 15) is 13.5 Å². The van der Waals surface area contributed by atoms with Crippen molar-refractivity contribution in [2.75, 3.05) is 25.1 Å². The molecule has 1 fully saturated rings. The van der Waals surface area contributed by atoms with Crippen molar-refractivity contribution in [1.29, 1.82) is 0 Å². The Kier molecular flexibility index (Phi) is 4.96. The van der Waals surface area contributed by atoms with Gasteiger partial charge in [0, 0.05) is 31.4 Å². The van der Waals surface area contributed by atoms with Crippen molar-refractivity contribution >= 4 is 27.1 Å². The third-order valence-corrected chi connectivity index (χ3v) is 8.36. The summed E-state index contributed by atoms with van der Waals surface area (Å²) in [6, 6.07) is 15.5. The molecule has 3 aliphatic rings. The molecule has 0 radical (unpaired) electrons. The molecule has 1 unspecified atom stereocenters. The molecule has 3 heterocycles. The molecule has 0 aliphatic carbocycles. The number of rotatable bonds is 3. The van der Waals surface area contributed by atoms with Crippen molar-refractivity contribution in [3.05, 3.63) is 54.1 Å². The molecule has 2 aromatic rings. The highest BCUT2D eigenvalue weighted by Gasteiger charge is 2.51. The lowest BCUT2D eigenvalue weighted by Gasteiger charge is -2.44. The summed E-state index contributed by atoms with van der Waals surface area (Å²) < 4.78 is 28.5. The number of benzene rings is 2. The lowest BCUT2D eigenvalue weighted by molar-refractivity contribution is 0.193. The molecule has 4 atom stereocenters. The van der Waals surface area contributed by atoms with Crippen LogP contribution in [0.2, 0.25) is 0 Å². The number of likely N-dealkylation sites (N-methyl/N-ethyl adjacent to an activating group) is 1. The summed E-state index contributed by atoms with van der Waals surface area (Å²) in [6.45, 7) is 2.18. The van der Waals surface area contributed by atoms with Crippen molar-refractivity contribution in [1.82, 2.24) is 4.31 Å². The predicted molar refractivity (Wildman–Crippen MR) is 123 cm³/mol. The molecule has 7 nitrogen and oxygen atoms in total. The van der Waals surface area contributed by atoms with E-state index in [2.05, 4.69) is 39.2 Å². The van der Waals surface area contributed by atoms with Crippen LogP contribution in [0.3, 0.4) is 0 Å². The molecule has 3 aliphatic heterocycles. The topological polar surface area (TPSA) is 85.6 Å². The minimum atomic E-state index is -3.83. The van der Waals surface area contributed by atoms with Gasteiger partial charge in [0.2, 0.25) is 0 Å². The molecule has 0 aromatic heterocycles. The fourth-order valence-corrected chi connectivity index (χ4v) is 6.76. The first-order valence-corrected chi connectivity index (χ1v) is 12.0. The van der Waals surface area contributed by atoms with E-state index in [1.807, 2.05) is 38.2 Å². The van der Waals surface area contributed by atoms with Gasteiger partial charge in [-0.15, -0.1) is 0 Å². The second-order valence-electron chi connectivity index (χ2n) is 8.44. The smallest absolute Gasteiger partial charge is 0.278 e. The third kappa shape index (κ3) is 3.21. The fourth-order valence-electron chi connectivity index (χ4n) is 5.14. The van der Waals surface area contributed by atoms with Gasteiger partial charge in [-0.2, -0.15) is 4.31 Å². The highest BCUT2D eigenvalue weighted by Crippen LogP contribution is 2.50. The number of hydrogen-bond acceptors (Lipinski definition) is 6. The van der Waals surface area contributed by atoms with Crippen LogP contribution in [0.15, 0.2) is 58.5 Å². The Morgan fingerprint density at radius 1 is 1.13 bits per heavy atom. The molecule has 0 saturated carbocycles. The summed E-state index contributed by atoms with van der Waals surface area (Å²) in [4.78, 5) is 10.4. The molecule has 1 saturated heterocycles. The van der Waals surface area contributed by atoms with E-state index in [-0.39, 0.29) is 35.8 Å². The van der Waals surface area contributed by atoms with Gasteiger partial charge in [-0.25, -0.2) is 18.4 Å². The zero-order chi connectivity index (χ0) is 21.8. The molecule has 0 spiro atoms. The fraction of sp³-hybridized carbons (Fsp3) is 0.391. The van der Waals surface area contributed by atoms with E-state index in [0.717, 1.165) is 22.4 Å². The lowest BCUT2D eigenvalue weighted by Crippen LogP contribution is -2.48. The van der Waals surface area contributed by atoms with Crippen LogP contribution in [0.25, 0.3) is 11.1 Å². The van der Waals surface area contributed by atoms with Crippen molar-refractivity contribution in [3.63, 3.8) is 0 Å². The van der Waals surface area contributed by atoms with Crippen molar-refractivity contribution < 1.29 is 13.5 Å². The van der Waals surface area contributed by atoms with E-state index in [0.29, 0.717) is 13.0 Å².